The number of hydrogen-bond acceptors (Lipinski definition) is 13. The smallest absolute Gasteiger partial charge is 0.268 e. The molecule has 0 aromatic heterocycles. The molecule has 2 aromatic rings. The van der Waals surface area contributed by atoms with Crippen LogP contribution in [0.1, 0.15) is 82.2 Å². The Morgan fingerprint density at radius 3 is 1.73 bits per heavy atom. The maximum absolute atomic E-state index is 13.2. The molecule has 6 rings (SSSR count). The average Bonchev–Trinajstić information content (AvgIpc) is 3.70. The molecule has 18 heteroatoms. The quantitative estimate of drug-likeness (QED) is 0.179. The van der Waals surface area contributed by atoms with Crippen molar-refractivity contribution in [2.75, 3.05) is 26.3 Å². The second-order valence-electron chi connectivity index (χ2n) is 14.0. The number of ether oxygens (including phenoxy) is 2. The lowest BCUT2D eigenvalue weighted by Gasteiger charge is -2.49. The Balaban J connectivity index is 1.15. The summed E-state index contributed by atoms with van der Waals surface area (Å²) >= 11 is 0. The zero-order valence-corrected chi connectivity index (χ0v) is 30.8. The molecule has 6 atom stereocenters. The van der Waals surface area contributed by atoms with E-state index in [0.29, 0.717) is 48.6 Å². The van der Waals surface area contributed by atoms with Crippen molar-refractivity contribution in [3.8, 4) is 17.6 Å². The number of nitrogens with zero attached hydrogens (tertiary/aromatic N) is 4. The van der Waals surface area contributed by atoms with Crippen LogP contribution in [0.25, 0.3) is 4.85 Å². The SMILES string of the molecule is [C-]#[N+]c1ccc2c(c1)C(N1CCCC1=O)C(OP(=O)([O-])OCCOP(=O)([O-])OC1C(N3CCCC3=O)c3cc(C#N)ccc3OC1(C)C)C(C)(C)O2. The lowest BCUT2D eigenvalue weighted by Crippen LogP contribution is -2.55. The van der Waals surface area contributed by atoms with Crippen molar-refractivity contribution in [3.63, 3.8) is 0 Å². The molecule has 4 aliphatic rings. The molecule has 16 nitrogen and oxygen atoms in total. The van der Waals surface area contributed by atoms with Gasteiger partial charge in [0.05, 0.1) is 43.5 Å². The molecule has 2 amide bonds. The molecule has 0 aliphatic carbocycles. The minimum Gasteiger partial charge on any atom is -0.756 e. The van der Waals surface area contributed by atoms with Gasteiger partial charge in [0.15, 0.2) is 5.69 Å². The summed E-state index contributed by atoms with van der Waals surface area (Å²) in [5.41, 5.74) is -1.24. The van der Waals surface area contributed by atoms with Gasteiger partial charge in [-0.2, -0.15) is 5.26 Å². The number of benzene rings is 2. The maximum Gasteiger partial charge on any atom is 0.268 e. The molecule has 0 spiro atoms. The summed E-state index contributed by atoms with van der Waals surface area (Å²) in [5.74, 6) is 0.311. The Labute approximate surface area is 301 Å². The molecule has 2 aromatic carbocycles. The first-order valence-electron chi connectivity index (χ1n) is 16.8. The monoisotopic (exact) mass is 756 g/mol. The molecule has 2 fully saturated rings. The Kier molecular flexibility index (Phi) is 10.4. The Morgan fingerprint density at radius 2 is 1.31 bits per heavy atom. The number of hydrogen-bond donors (Lipinski definition) is 0. The van der Waals surface area contributed by atoms with Gasteiger partial charge in [-0.05, 0) is 70.9 Å². The number of fused-ring (bicyclic) bond motifs is 2. The lowest BCUT2D eigenvalue weighted by atomic mass is 9.85. The van der Waals surface area contributed by atoms with Crippen LogP contribution in [0.5, 0.6) is 11.5 Å². The van der Waals surface area contributed by atoms with E-state index in [2.05, 4.69) is 4.85 Å². The zero-order valence-electron chi connectivity index (χ0n) is 29.0. The minimum absolute atomic E-state index is 0.214. The predicted octanol–water partition coefficient (Wildman–Crippen LogP) is 4.22. The third-order valence-electron chi connectivity index (χ3n) is 9.55. The molecule has 6 unspecified atom stereocenters. The third-order valence-corrected chi connectivity index (χ3v) is 11.5. The molecule has 4 aliphatic heterocycles. The molecule has 0 radical (unpaired) electrons. The summed E-state index contributed by atoms with van der Waals surface area (Å²) in [6, 6.07) is 9.52. The number of likely N-dealkylation sites (tertiary alicyclic amines) is 2. The maximum atomic E-state index is 13.2. The minimum atomic E-state index is -5.22. The number of carbonyl (C=O) groups is 2. The standard InChI is InChI=1S/C34H40N4O12P2/c1-33(2)31(29(37-14-6-8-27(37)39)23-18-21(20-35)10-12-25(23)47-33)49-51(41,42)45-16-17-46-52(43,44)50-32-30(38-15-7-9-28(38)40)24-19-22(36-5)11-13-26(24)48-34(32,3)4/h10-13,18-19,29-32H,6-9,14-17H2,1-4H3,(H,41,42)(H,43,44)/p-2. The van der Waals surface area contributed by atoms with E-state index in [-0.39, 0.29) is 35.9 Å². The molecular formula is C34H38N4O12P2-2. The summed E-state index contributed by atoms with van der Waals surface area (Å²) in [6.07, 6.45) is -0.997. The molecule has 0 saturated carbocycles. The highest BCUT2D eigenvalue weighted by molar-refractivity contribution is 7.46. The van der Waals surface area contributed by atoms with Gasteiger partial charge in [-0.15, -0.1) is 0 Å². The predicted molar refractivity (Wildman–Crippen MR) is 178 cm³/mol. The van der Waals surface area contributed by atoms with Gasteiger partial charge in [0.2, 0.25) is 11.8 Å². The number of carbonyl (C=O) groups excluding carboxylic acids is 2. The Bertz CT molecular complexity index is 1800. The van der Waals surface area contributed by atoms with Crippen LogP contribution in [0.15, 0.2) is 36.4 Å². The fourth-order valence-corrected chi connectivity index (χ4v) is 9.25. The van der Waals surface area contributed by atoms with E-state index < -0.39 is 64.4 Å². The average molecular weight is 757 g/mol. The van der Waals surface area contributed by atoms with Crippen molar-refractivity contribution >= 4 is 33.1 Å². The Morgan fingerprint density at radius 1 is 0.846 bits per heavy atom. The number of phosphoric ester groups is 2. The van der Waals surface area contributed by atoms with Crippen LogP contribution in [-0.4, -0.2) is 71.3 Å². The summed E-state index contributed by atoms with van der Waals surface area (Å²) in [4.78, 5) is 58.8. The van der Waals surface area contributed by atoms with Gasteiger partial charge in [-0.1, -0.05) is 6.07 Å². The second kappa shape index (κ2) is 14.2. The zero-order chi connectivity index (χ0) is 37.6. The van der Waals surface area contributed by atoms with E-state index in [1.807, 2.05) is 6.07 Å². The van der Waals surface area contributed by atoms with Crippen molar-refractivity contribution in [3.05, 3.63) is 64.5 Å². The summed E-state index contributed by atoms with van der Waals surface area (Å²) in [6.45, 7) is 12.9. The van der Waals surface area contributed by atoms with Gasteiger partial charge >= 0.3 is 0 Å². The largest absolute Gasteiger partial charge is 0.756 e. The van der Waals surface area contributed by atoms with Gasteiger partial charge in [-0.3, -0.25) is 18.7 Å². The molecular weight excluding hydrogens is 718 g/mol. The van der Waals surface area contributed by atoms with E-state index in [4.69, 9.17) is 34.1 Å². The van der Waals surface area contributed by atoms with Gasteiger partial charge in [0, 0.05) is 37.1 Å². The lowest BCUT2D eigenvalue weighted by molar-refractivity contribution is -0.247. The van der Waals surface area contributed by atoms with E-state index in [9.17, 15) is 33.8 Å². The van der Waals surface area contributed by atoms with Gasteiger partial charge < -0.3 is 47.2 Å². The van der Waals surface area contributed by atoms with Crippen LogP contribution in [-0.2, 0) is 36.8 Å². The normalized spacial score (nSPS) is 26.9. The molecule has 0 N–H and O–H groups in total. The van der Waals surface area contributed by atoms with Crippen molar-refractivity contribution in [1.82, 2.24) is 9.80 Å². The van der Waals surface area contributed by atoms with Crippen LogP contribution in [0.4, 0.5) is 5.69 Å². The topological polar surface area (TPSA) is 204 Å². The number of nitriles is 1. The van der Waals surface area contributed by atoms with Crippen LogP contribution < -0.4 is 19.3 Å². The summed E-state index contributed by atoms with van der Waals surface area (Å²) in [7, 11) is -10.4. The fraction of sp³-hybridized carbons (Fsp3) is 0.529. The van der Waals surface area contributed by atoms with Crippen LogP contribution >= 0.6 is 15.6 Å². The third kappa shape index (κ3) is 7.63. The summed E-state index contributed by atoms with van der Waals surface area (Å²) in [5, 5.41) is 9.51. The van der Waals surface area contributed by atoms with E-state index in [1.165, 1.54) is 21.9 Å². The van der Waals surface area contributed by atoms with Crippen molar-refractivity contribution in [2.45, 2.75) is 88.9 Å². The fourth-order valence-electron chi connectivity index (χ4n) is 7.24. The van der Waals surface area contributed by atoms with Crippen molar-refractivity contribution in [2.24, 2.45) is 0 Å². The molecule has 2 saturated heterocycles. The van der Waals surface area contributed by atoms with Crippen LogP contribution in [0, 0.1) is 17.9 Å². The van der Waals surface area contributed by atoms with Crippen molar-refractivity contribution in [1.29, 1.82) is 5.26 Å². The van der Waals surface area contributed by atoms with Gasteiger partial charge in [-0.25, -0.2) is 4.85 Å². The van der Waals surface area contributed by atoms with Crippen LogP contribution in [0.2, 0.25) is 0 Å². The van der Waals surface area contributed by atoms with Crippen LogP contribution in [0.3, 0.4) is 0 Å². The second-order valence-corrected chi connectivity index (χ2v) is 16.7. The van der Waals surface area contributed by atoms with E-state index in [0.717, 1.165) is 0 Å². The first-order chi connectivity index (χ1) is 24.4. The molecule has 52 heavy (non-hydrogen) atoms. The van der Waals surface area contributed by atoms with Gasteiger partial charge in [0.1, 0.15) is 34.9 Å². The molecule has 0 bridgehead atoms. The summed E-state index contributed by atoms with van der Waals surface area (Å²) < 4.78 is 59.9. The number of rotatable bonds is 11. The first-order valence-corrected chi connectivity index (χ1v) is 19.7. The number of phosphoric acid groups is 2. The van der Waals surface area contributed by atoms with Crippen molar-refractivity contribution < 1.29 is 56.1 Å². The van der Waals surface area contributed by atoms with E-state index in [1.54, 1.807) is 52.0 Å². The first kappa shape index (κ1) is 37.9. The highest BCUT2D eigenvalue weighted by Gasteiger charge is 2.52. The highest BCUT2D eigenvalue weighted by atomic mass is 31.2. The van der Waals surface area contributed by atoms with E-state index >= 15 is 0 Å². The Hall–Kier alpha value is -3.82. The molecule has 278 valence electrons. The van der Waals surface area contributed by atoms with Gasteiger partial charge in [0.25, 0.3) is 15.6 Å². The number of amides is 2. The molecule has 4 heterocycles. The highest BCUT2D eigenvalue weighted by Crippen LogP contribution is 2.54.